The molecule has 0 unspecified atom stereocenters. The highest BCUT2D eigenvalue weighted by atomic mass is 16.8. The van der Waals surface area contributed by atoms with Crippen LogP contribution >= 0.6 is 0 Å². The highest BCUT2D eigenvalue weighted by Gasteiger charge is 2.57. The first-order valence-electron chi connectivity index (χ1n) is 11.8. The molecule has 2 aliphatic heterocycles. The molecule has 0 radical (unpaired) electrons. The van der Waals surface area contributed by atoms with Gasteiger partial charge in [-0.05, 0) is 37.5 Å². The van der Waals surface area contributed by atoms with Crippen molar-refractivity contribution in [2.24, 2.45) is 0 Å². The molecule has 5 heteroatoms. The summed E-state index contributed by atoms with van der Waals surface area (Å²) in [5.41, 5.74) is 2.21. The van der Waals surface area contributed by atoms with E-state index in [1.807, 2.05) is 75.4 Å². The van der Waals surface area contributed by atoms with Crippen molar-refractivity contribution < 1.29 is 23.7 Å². The zero-order chi connectivity index (χ0) is 23.8. The molecule has 34 heavy (non-hydrogen) atoms. The molecule has 2 heterocycles. The van der Waals surface area contributed by atoms with Gasteiger partial charge in [0.05, 0.1) is 6.10 Å². The Morgan fingerprint density at radius 1 is 0.706 bits per heavy atom. The van der Waals surface area contributed by atoms with E-state index in [1.165, 1.54) is 0 Å². The van der Waals surface area contributed by atoms with E-state index in [2.05, 4.69) is 36.4 Å². The van der Waals surface area contributed by atoms with Crippen LogP contribution in [0.2, 0.25) is 0 Å². The second-order valence-electron chi connectivity index (χ2n) is 9.37. The fourth-order valence-corrected chi connectivity index (χ4v) is 5.19. The van der Waals surface area contributed by atoms with Crippen molar-refractivity contribution in [3.63, 3.8) is 0 Å². The monoisotopic (exact) mass is 460 g/mol. The third-order valence-electron chi connectivity index (χ3n) is 6.65. The van der Waals surface area contributed by atoms with E-state index in [1.54, 1.807) is 7.11 Å². The van der Waals surface area contributed by atoms with Crippen LogP contribution in [0.15, 0.2) is 91.0 Å². The molecule has 0 saturated carbocycles. The molecule has 5 atom stereocenters. The minimum atomic E-state index is -0.882. The summed E-state index contributed by atoms with van der Waals surface area (Å²) in [5.74, 6) is -0.768. The van der Waals surface area contributed by atoms with Gasteiger partial charge in [0.1, 0.15) is 23.9 Å². The number of methoxy groups -OCH3 is 1. The molecule has 5 nitrogen and oxygen atoms in total. The predicted molar refractivity (Wildman–Crippen MR) is 129 cm³/mol. The smallest absolute Gasteiger partial charge is 0.186 e. The quantitative estimate of drug-likeness (QED) is 0.469. The molecule has 0 aliphatic carbocycles. The second-order valence-corrected chi connectivity index (χ2v) is 9.37. The molecule has 5 rings (SSSR count). The molecule has 0 bridgehead atoms. The summed E-state index contributed by atoms with van der Waals surface area (Å²) in [6.45, 7) is 5.84. The van der Waals surface area contributed by atoms with Gasteiger partial charge in [0.15, 0.2) is 12.1 Å². The van der Waals surface area contributed by atoms with Gasteiger partial charge in [-0.2, -0.15) is 0 Å². The molecule has 0 N–H and O–H groups in total. The van der Waals surface area contributed by atoms with Gasteiger partial charge >= 0.3 is 0 Å². The number of rotatable bonds is 6. The lowest BCUT2D eigenvalue weighted by Crippen LogP contribution is -2.58. The van der Waals surface area contributed by atoms with Crippen LogP contribution in [0.5, 0.6) is 0 Å². The Balaban J connectivity index is 1.67. The molecule has 3 aromatic rings. The summed E-state index contributed by atoms with van der Waals surface area (Å²) < 4.78 is 31.8. The zero-order valence-electron chi connectivity index (χ0n) is 20.1. The van der Waals surface area contributed by atoms with Gasteiger partial charge in [-0.3, -0.25) is 0 Å². The minimum absolute atomic E-state index is 0.292. The largest absolute Gasteiger partial charge is 0.353 e. The van der Waals surface area contributed by atoms with Crippen LogP contribution in [0.25, 0.3) is 0 Å². The van der Waals surface area contributed by atoms with Crippen LogP contribution in [0.3, 0.4) is 0 Å². The minimum Gasteiger partial charge on any atom is -0.353 e. The van der Waals surface area contributed by atoms with Crippen LogP contribution in [-0.4, -0.2) is 43.6 Å². The highest BCUT2D eigenvalue weighted by Crippen LogP contribution is 2.46. The Labute approximate surface area is 201 Å². The maximum Gasteiger partial charge on any atom is 0.186 e. The number of hydrogen-bond acceptors (Lipinski definition) is 5. The fourth-order valence-electron chi connectivity index (χ4n) is 5.19. The van der Waals surface area contributed by atoms with Gasteiger partial charge in [-0.15, -0.1) is 0 Å². The number of fused-ring (bicyclic) bond motifs is 1. The van der Waals surface area contributed by atoms with Crippen molar-refractivity contribution in [3.8, 4) is 0 Å². The molecule has 2 saturated heterocycles. The summed E-state index contributed by atoms with van der Waals surface area (Å²) >= 11 is 0. The van der Waals surface area contributed by atoms with Gasteiger partial charge < -0.3 is 23.7 Å². The van der Waals surface area contributed by atoms with Crippen molar-refractivity contribution in [1.82, 2.24) is 0 Å². The van der Waals surface area contributed by atoms with Gasteiger partial charge in [0.2, 0.25) is 0 Å². The molecule has 0 spiro atoms. The average molecular weight is 461 g/mol. The number of hydrogen-bond donors (Lipinski definition) is 0. The highest BCUT2D eigenvalue weighted by molar-refractivity contribution is 5.47. The van der Waals surface area contributed by atoms with E-state index in [0.29, 0.717) is 0 Å². The van der Waals surface area contributed by atoms with Crippen molar-refractivity contribution in [1.29, 1.82) is 0 Å². The molecule has 178 valence electrons. The molecule has 0 amide bonds. The fraction of sp³-hybridized carbons (Fsp3) is 0.379. The normalized spacial score (nSPS) is 28.4. The van der Waals surface area contributed by atoms with Gasteiger partial charge in [0, 0.05) is 7.11 Å². The van der Waals surface area contributed by atoms with E-state index in [9.17, 15) is 0 Å². The van der Waals surface area contributed by atoms with E-state index in [0.717, 1.165) is 16.7 Å². The first kappa shape index (κ1) is 23.2. The van der Waals surface area contributed by atoms with Gasteiger partial charge in [0.25, 0.3) is 0 Å². The van der Waals surface area contributed by atoms with E-state index in [-0.39, 0.29) is 12.2 Å². The van der Waals surface area contributed by atoms with Crippen molar-refractivity contribution in [3.05, 3.63) is 108 Å². The van der Waals surface area contributed by atoms with E-state index < -0.39 is 29.9 Å². The second kappa shape index (κ2) is 9.25. The lowest BCUT2D eigenvalue weighted by atomic mass is 9.79. The van der Waals surface area contributed by atoms with Gasteiger partial charge in [-0.25, -0.2) is 0 Å². The van der Waals surface area contributed by atoms with E-state index in [4.69, 9.17) is 23.7 Å². The van der Waals surface area contributed by atoms with Gasteiger partial charge in [-0.1, -0.05) is 91.0 Å². The summed E-state index contributed by atoms with van der Waals surface area (Å²) in [7, 11) is 1.63. The predicted octanol–water partition coefficient (Wildman–Crippen LogP) is 5.28. The molecular weight excluding hydrogens is 428 g/mol. The molecule has 2 fully saturated rings. The maximum absolute atomic E-state index is 7.26. The van der Waals surface area contributed by atoms with Crippen molar-refractivity contribution >= 4 is 0 Å². The third-order valence-corrected chi connectivity index (χ3v) is 6.65. The standard InChI is InChI=1S/C29H32O5/c1-20-24(25-26(27(30-4)31-20)33-28(2,3)32-25)34-29(21-14-8-5-9-15-21,22-16-10-6-11-17-22)23-18-12-7-13-19-23/h5-20,24-27H,1-4H3/t20-,24-,25+,26+,27+/m0/s1. The summed E-state index contributed by atoms with van der Waals surface area (Å²) in [5, 5.41) is 0. The number of ether oxygens (including phenoxy) is 5. The van der Waals surface area contributed by atoms with Crippen LogP contribution in [0.1, 0.15) is 37.5 Å². The zero-order valence-corrected chi connectivity index (χ0v) is 20.1. The lowest BCUT2D eigenvalue weighted by molar-refractivity contribution is -0.280. The lowest BCUT2D eigenvalue weighted by Gasteiger charge is -2.46. The van der Waals surface area contributed by atoms with Crippen molar-refractivity contribution in [2.75, 3.05) is 7.11 Å². The maximum atomic E-state index is 7.26. The SMILES string of the molecule is CO[C@@H]1O[C@@H](C)[C@H](OC(c2ccccc2)(c2ccccc2)c2ccccc2)[C@H]2OC(C)(C)O[C@@H]12. The van der Waals surface area contributed by atoms with Crippen LogP contribution in [0.4, 0.5) is 0 Å². The van der Waals surface area contributed by atoms with Crippen LogP contribution < -0.4 is 0 Å². The Kier molecular flexibility index (Phi) is 6.32. The number of benzene rings is 3. The summed E-state index contributed by atoms with van der Waals surface area (Å²) in [4.78, 5) is 0. The Hall–Kier alpha value is -2.54. The Morgan fingerprint density at radius 3 is 1.59 bits per heavy atom. The molecule has 0 aromatic heterocycles. The Bertz CT molecular complexity index is 973. The van der Waals surface area contributed by atoms with Crippen LogP contribution in [-0.2, 0) is 29.3 Å². The van der Waals surface area contributed by atoms with E-state index >= 15 is 0 Å². The molecule has 2 aliphatic rings. The Morgan fingerprint density at radius 2 is 1.15 bits per heavy atom. The summed E-state index contributed by atoms with van der Waals surface area (Å²) in [6.07, 6.45) is -2.00. The van der Waals surface area contributed by atoms with Crippen molar-refractivity contribution in [2.45, 2.75) is 62.9 Å². The first-order chi connectivity index (χ1) is 16.4. The third kappa shape index (κ3) is 4.08. The molecule has 3 aromatic carbocycles. The first-order valence-corrected chi connectivity index (χ1v) is 11.8. The summed E-state index contributed by atoms with van der Waals surface area (Å²) in [6, 6.07) is 31.0. The van der Waals surface area contributed by atoms with Crippen LogP contribution in [0, 0.1) is 0 Å². The topological polar surface area (TPSA) is 46.2 Å². The average Bonchev–Trinajstić information content (AvgIpc) is 3.20. The molecular formula is C29H32O5.